The van der Waals surface area contributed by atoms with Gasteiger partial charge in [0.15, 0.2) is 0 Å². The van der Waals surface area contributed by atoms with Gasteiger partial charge in [0.2, 0.25) is 5.91 Å². The third-order valence-corrected chi connectivity index (χ3v) is 3.46. The zero-order valence-corrected chi connectivity index (χ0v) is 13.6. The molecule has 1 aliphatic rings. The Hall–Kier alpha value is -1.04. The average Bonchev–Trinajstić information content (AvgIpc) is 2.93. The van der Waals surface area contributed by atoms with Crippen LogP contribution >= 0.6 is 24.8 Å². The molecule has 120 valence electrons. The Morgan fingerprint density at radius 3 is 2.57 bits per heavy atom. The van der Waals surface area contributed by atoms with Crippen molar-refractivity contribution in [2.75, 3.05) is 23.3 Å². The number of nitrogens with two attached hydrogens (primary N) is 1. The van der Waals surface area contributed by atoms with Crippen LogP contribution in [0.5, 0.6) is 0 Å². The maximum atomic E-state index is 13.9. The highest BCUT2D eigenvalue weighted by Gasteiger charge is 2.21. The summed E-state index contributed by atoms with van der Waals surface area (Å²) in [6, 6.07) is 4.25. The molecule has 1 aliphatic heterocycles. The molecule has 1 aromatic rings. The maximum absolute atomic E-state index is 13.9. The molecule has 0 aromatic heterocycles. The first kappa shape index (κ1) is 20.0. The molecule has 7 heteroatoms. The lowest BCUT2D eigenvalue weighted by Crippen LogP contribution is -2.35. The fourth-order valence-corrected chi connectivity index (χ4v) is 2.26. The van der Waals surface area contributed by atoms with Crippen LogP contribution in [0.15, 0.2) is 18.2 Å². The van der Waals surface area contributed by atoms with Crippen molar-refractivity contribution >= 4 is 42.1 Å². The lowest BCUT2D eigenvalue weighted by molar-refractivity contribution is -0.117. The number of halogens is 3. The van der Waals surface area contributed by atoms with Crippen LogP contribution in [0, 0.1) is 5.82 Å². The number of nitrogens with one attached hydrogen (secondary N) is 1. The molecule has 3 N–H and O–H groups in total. The number of para-hydroxylation sites is 1. The summed E-state index contributed by atoms with van der Waals surface area (Å²) in [7, 11) is 0. The van der Waals surface area contributed by atoms with Gasteiger partial charge in [-0.05, 0) is 31.4 Å². The van der Waals surface area contributed by atoms with E-state index in [9.17, 15) is 9.18 Å². The number of benzene rings is 1. The van der Waals surface area contributed by atoms with Gasteiger partial charge >= 0.3 is 0 Å². The summed E-state index contributed by atoms with van der Waals surface area (Å²) < 4.78 is 13.9. The van der Waals surface area contributed by atoms with Gasteiger partial charge in [0, 0.05) is 13.1 Å². The Morgan fingerprint density at radius 2 is 2.00 bits per heavy atom. The molecule has 0 saturated carbocycles. The Balaban J connectivity index is 0.00000200. The van der Waals surface area contributed by atoms with Gasteiger partial charge in [-0.3, -0.25) is 4.79 Å². The lowest BCUT2D eigenvalue weighted by Gasteiger charge is -2.22. The van der Waals surface area contributed by atoms with E-state index in [1.807, 2.05) is 13.0 Å². The first-order chi connectivity index (χ1) is 9.13. The van der Waals surface area contributed by atoms with E-state index in [4.69, 9.17) is 5.73 Å². The van der Waals surface area contributed by atoms with Gasteiger partial charge in [0.1, 0.15) is 11.5 Å². The molecular formula is C14H22Cl2FN3O. The van der Waals surface area contributed by atoms with Crippen LogP contribution in [0.3, 0.4) is 0 Å². The van der Waals surface area contributed by atoms with Crippen LogP contribution in [-0.4, -0.2) is 25.0 Å². The molecule has 0 bridgehead atoms. The summed E-state index contributed by atoms with van der Waals surface area (Å²) in [6.45, 7) is 3.62. The van der Waals surface area contributed by atoms with Crippen LogP contribution < -0.4 is 16.0 Å². The fourth-order valence-electron chi connectivity index (χ4n) is 2.26. The minimum atomic E-state index is -0.606. The van der Waals surface area contributed by atoms with Crippen LogP contribution in [0.4, 0.5) is 15.8 Å². The zero-order chi connectivity index (χ0) is 13.8. The average molecular weight is 338 g/mol. The highest BCUT2D eigenvalue weighted by atomic mass is 35.5. The van der Waals surface area contributed by atoms with Gasteiger partial charge in [-0.15, -0.1) is 24.8 Å². The standard InChI is InChI=1S/C14H20FN3O.2ClH/c1-2-11(16)14(19)17-13-10(15)6-5-7-12(13)18-8-3-4-9-18;;/h5-7,11H,2-4,8-9,16H2,1H3,(H,17,19);2*1H/t11-;;/m0../s1. The normalized spacial score (nSPS) is 14.9. The molecule has 4 nitrogen and oxygen atoms in total. The molecule has 0 aliphatic carbocycles. The third kappa shape index (κ3) is 4.73. The van der Waals surface area contributed by atoms with Gasteiger partial charge in [0.25, 0.3) is 0 Å². The zero-order valence-electron chi connectivity index (χ0n) is 12.0. The number of rotatable bonds is 4. The van der Waals surface area contributed by atoms with E-state index >= 15 is 0 Å². The van der Waals surface area contributed by atoms with E-state index in [0.29, 0.717) is 6.42 Å². The van der Waals surface area contributed by atoms with Crippen molar-refractivity contribution in [3.05, 3.63) is 24.0 Å². The minimum Gasteiger partial charge on any atom is -0.370 e. The molecule has 0 spiro atoms. The Bertz CT molecular complexity index is 468. The van der Waals surface area contributed by atoms with E-state index in [1.54, 1.807) is 6.07 Å². The number of anilines is 2. The van der Waals surface area contributed by atoms with E-state index in [0.717, 1.165) is 31.6 Å². The van der Waals surface area contributed by atoms with Crippen LogP contribution in [0.2, 0.25) is 0 Å². The smallest absolute Gasteiger partial charge is 0.241 e. The summed E-state index contributed by atoms with van der Waals surface area (Å²) in [6.07, 6.45) is 2.72. The van der Waals surface area contributed by atoms with Gasteiger partial charge in [0.05, 0.1) is 11.7 Å². The van der Waals surface area contributed by atoms with E-state index < -0.39 is 11.9 Å². The first-order valence-corrected chi connectivity index (χ1v) is 6.73. The molecule has 0 unspecified atom stereocenters. The van der Waals surface area contributed by atoms with Crippen molar-refractivity contribution in [2.45, 2.75) is 32.2 Å². The molecule has 0 radical (unpaired) electrons. The number of hydrogen-bond acceptors (Lipinski definition) is 3. The second-order valence-electron chi connectivity index (χ2n) is 4.83. The Kier molecular flexibility index (Phi) is 8.63. The largest absolute Gasteiger partial charge is 0.370 e. The second-order valence-corrected chi connectivity index (χ2v) is 4.83. The third-order valence-electron chi connectivity index (χ3n) is 3.46. The monoisotopic (exact) mass is 337 g/mol. The number of nitrogens with zero attached hydrogens (tertiary/aromatic N) is 1. The fraction of sp³-hybridized carbons (Fsp3) is 0.500. The first-order valence-electron chi connectivity index (χ1n) is 6.73. The number of amides is 1. The number of carbonyl (C=O) groups is 1. The van der Waals surface area contributed by atoms with E-state index in [2.05, 4.69) is 10.2 Å². The van der Waals surface area contributed by atoms with Crippen LogP contribution in [-0.2, 0) is 4.79 Å². The quantitative estimate of drug-likeness (QED) is 0.887. The number of carbonyl (C=O) groups excluding carboxylic acids is 1. The summed E-state index contributed by atoms with van der Waals surface area (Å²) in [5.41, 5.74) is 6.66. The van der Waals surface area contributed by atoms with Crippen LogP contribution in [0.1, 0.15) is 26.2 Å². The molecule has 1 saturated heterocycles. The molecule has 2 rings (SSSR count). The van der Waals surface area contributed by atoms with E-state index in [1.165, 1.54) is 6.07 Å². The van der Waals surface area contributed by atoms with E-state index in [-0.39, 0.29) is 36.4 Å². The SMILES string of the molecule is CC[C@H](N)C(=O)Nc1c(F)cccc1N1CCCC1.Cl.Cl. The minimum absolute atomic E-state index is 0. The van der Waals surface area contributed by atoms with Crippen molar-refractivity contribution < 1.29 is 9.18 Å². The molecule has 1 atom stereocenters. The topological polar surface area (TPSA) is 58.4 Å². The predicted molar refractivity (Wildman–Crippen MR) is 89.2 cm³/mol. The Labute approximate surface area is 137 Å². The van der Waals surface area contributed by atoms with Gasteiger partial charge < -0.3 is 16.0 Å². The van der Waals surface area contributed by atoms with Crippen molar-refractivity contribution in [2.24, 2.45) is 5.73 Å². The predicted octanol–water partition coefficient (Wildman–Crippen LogP) is 2.95. The van der Waals surface area contributed by atoms with Crippen LogP contribution in [0.25, 0.3) is 0 Å². The highest BCUT2D eigenvalue weighted by Crippen LogP contribution is 2.31. The maximum Gasteiger partial charge on any atom is 0.241 e. The Morgan fingerprint density at radius 1 is 1.38 bits per heavy atom. The molecule has 1 amide bonds. The summed E-state index contributed by atoms with van der Waals surface area (Å²) in [5, 5.41) is 2.63. The highest BCUT2D eigenvalue weighted by molar-refractivity contribution is 5.97. The summed E-state index contributed by atoms with van der Waals surface area (Å²) >= 11 is 0. The van der Waals surface area contributed by atoms with Crippen molar-refractivity contribution in [1.29, 1.82) is 0 Å². The second kappa shape index (κ2) is 9.07. The summed E-state index contributed by atoms with van der Waals surface area (Å²) in [5.74, 6) is -0.755. The van der Waals surface area contributed by atoms with Gasteiger partial charge in [-0.2, -0.15) is 0 Å². The van der Waals surface area contributed by atoms with Gasteiger partial charge in [-0.25, -0.2) is 4.39 Å². The molecular weight excluding hydrogens is 316 g/mol. The van der Waals surface area contributed by atoms with Gasteiger partial charge in [-0.1, -0.05) is 13.0 Å². The number of hydrogen-bond donors (Lipinski definition) is 2. The lowest BCUT2D eigenvalue weighted by atomic mass is 10.2. The molecule has 1 fully saturated rings. The van der Waals surface area contributed by atoms with Crippen molar-refractivity contribution in [3.8, 4) is 0 Å². The summed E-state index contributed by atoms with van der Waals surface area (Å²) in [4.78, 5) is 13.9. The molecule has 1 heterocycles. The van der Waals surface area contributed by atoms with Crippen molar-refractivity contribution in [1.82, 2.24) is 0 Å². The molecule has 1 aromatic carbocycles. The molecule has 21 heavy (non-hydrogen) atoms. The van der Waals surface area contributed by atoms with Crippen molar-refractivity contribution in [3.63, 3.8) is 0 Å².